The quantitative estimate of drug-likeness (QED) is 0.356. The van der Waals surface area contributed by atoms with E-state index in [1.54, 1.807) is 0 Å². The summed E-state index contributed by atoms with van der Waals surface area (Å²) < 4.78 is 51.4. The molecule has 8 nitrogen and oxygen atoms in total. The maximum absolute atomic E-state index is 14.9. The summed E-state index contributed by atoms with van der Waals surface area (Å²) in [5.74, 6) is -2.98. The minimum absolute atomic E-state index is 0.136. The van der Waals surface area contributed by atoms with Crippen molar-refractivity contribution in [2.75, 3.05) is 37.0 Å². The van der Waals surface area contributed by atoms with Crippen molar-refractivity contribution in [2.45, 2.75) is 38.0 Å². The molecule has 0 N–H and O–H groups in total. The third-order valence-corrected chi connectivity index (χ3v) is 7.55. The lowest BCUT2D eigenvalue weighted by Gasteiger charge is -2.36. The van der Waals surface area contributed by atoms with Gasteiger partial charge in [0.2, 0.25) is 5.95 Å². The Morgan fingerprint density at radius 1 is 1.03 bits per heavy atom. The molecular formula is C24H24F3N7OS. The van der Waals surface area contributed by atoms with Gasteiger partial charge in [0.05, 0.1) is 30.6 Å². The van der Waals surface area contributed by atoms with Crippen LogP contribution >= 0.6 is 11.3 Å². The van der Waals surface area contributed by atoms with Crippen LogP contribution in [0.1, 0.15) is 37.5 Å². The van der Waals surface area contributed by atoms with Gasteiger partial charge in [0.1, 0.15) is 16.6 Å². The number of anilines is 2. The van der Waals surface area contributed by atoms with Crippen LogP contribution < -0.4 is 9.80 Å². The lowest BCUT2D eigenvalue weighted by molar-refractivity contribution is -0.0178. The van der Waals surface area contributed by atoms with E-state index >= 15 is 0 Å². The van der Waals surface area contributed by atoms with Crippen molar-refractivity contribution in [2.24, 2.45) is 0 Å². The van der Waals surface area contributed by atoms with Crippen molar-refractivity contribution >= 4 is 32.8 Å². The minimum Gasteiger partial charge on any atom is -0.367 e. The van der Waals surface area contributed by atoms with Crippen molar-refractivity contribution < 1.29 is 17.9 Å². The molecule has 2 aliphatic rings. The van der Waals surface area contributed by atoms with Crippen LogP contribution in [0.15, 0.2) is 24.5 Å². The van der Waals surface area contributed by atoms with Gasteiger partial charge in [-0.1, -0.05) is 11.3 Å². The van der Waals surface area contributed by atoms with Crippen molar-refractivity contribution in [3.8, 4) is 11.3 Å². The number of aromatic nitrogens is 5. The lowest BCUT2D eigenvalue weighted by atomic mass is 10.1. The topological polar surface area (TPSA) is 72.2 Å². The zero-order valence-corrected chi connectivity index (χ0v) is 20.8. The van der Waals surface area contributed by atoms with Gasteiger partial charge in [-0.3, -0.25) is 4.68 Å². The largest absolute Gasteiger partial charge is 0.367 e. The fourth-order valence-electron chi connectivity index (χ4n) is 4.38. The van der Waals surface area contributed by atoms with Crippen molar-refractivity contribution in [3.05, 3.63) is 47.5 Å². The third-order valence-electron chi connectivity index (χ3n) is 6.34. The molecule has 0 unspecified atom stereocenters. The van der Waals surface area contributed by atoms with E-state index in [2.05, 4.69) is 20.1 Å². The number of fused-ring (bicyclic) bond motifs is 1. The van der Waals surface area contributed by atoms with Gasteiger partial charge in [0, 0.05) is 44.0 Å². The maximum atomic E-state index is 14.9. The predicted octanol–water partition coefficient (Wildman–Crippen LogP) is 4.73. The number of thiazole rings is 1. The number of hydrogen-bond acceptors (Lipinski definition) is 8. The molecule has 1 aromatic carbocycles. The molecule has 0 bridgehead atoms. The van der Waals surface area contributed by atoms with E-state index in [0.717, 1.165) is 24.5 Å². The van der Waals surface area contributed by atoms with E-state index < -0.39 is 17.5 Å². The Bertz CT molecular complexity index is 1450. The van der Waals surface area contributed by atoms with Crippen molar-refractivity contribution in [1.82, 2.24) is 24.7 Å². The first kappa shape index (κ1) is 23.2. The Balaban J connectivity index is 1.43. The number of benzene rings is 1. The molecule has 1 saturated heterocycles. The van der Waals surface area contributed by atoms with E-state index in [1.165, 1.54) is 11.3 Å². The van der Waals surface area contributed by atoms with Gasteiger partial charge in [-0.15, -0.1) is 0 Å². The summed E-state index contributed by atoms with van der Waals surface area (Å²) in [6, 6.07) is 1.84. The average Bonchev–Trinajstić information content (AvgIpc) is 3.39. The van der Waals surface area contributed by atoms with Gasteiger partial charge >= 0.3 is 0 Å². The molecule has 2 fully saturated rings. The Morgan fingerprint density at radius 2 is 1.81 bits per heavy atom. The molecule has 1 aliphatic heterocycles. The molecule has 0 spiro atoms. The lowest BCUT2D eigenvalue weighted by Crippen LogP contribution is -2.43. The molecule has 12 heteroatoms. The summed E-state index contributed by atoms with van der Waals surface area (Å²) in [5.41, 5.74) is 1.37. The smallest absolute Gasteiger partial charge is 0.228 e. The molecule has 0 amide bonds. The normalized spacial score (nSPS) is 20.3. The van der Waals surface area contributed by atoms with Crippen molar-refractivity contribution in [1.29, 1.82) is 0 Å². The number of ether oxygens (including phenoxy) is 1. The van der Waals surface area contributed by atoms with E-state index in [9.17, 15) is 13.2 Å². The number of hydrogen-bond donors (Lipinski definition) is 0. The van der Waals surface area contributed by atoms with Crippen LogP contribution in [0.3, 0.4) is 0 Å². The van der Waals surface area contributed by atoms with Gasteiger partial charge in [0.25, 0.3) is 0 Å². The summed E-state index contributed by atoms with van der Waals surface area (Å²) in [7, 11) is 3.67. The summed E-state index contributed by atoms with van der Waals surface area (Å²) in [6.45, 7) is 2.92. The fraction of sp³-hybridized carbons (Fsp3) is 0.417. The van der Waals surface area contributed by atoms with Gasteiger partial charge in [-0.2, -0.15) is 15.1 Å². The minimum atomic E-state index is -1.25. The zero-order chi connectivity index (χ0) is 25.1. The molecule has 0 radical (unpaired) electrons. The van der Waals surface area contributed by atoms with Gasteiger partial charge in [-0.25, -0.2) is 18.2 Å². The van der Waals surface area contributed by atoms with Gasteiger partial charge in [0.15, 0.2) is 22.4 Å². The summed E-state index contributed by atoms with van der Waals surface area (Å²) in [6.07, 6.45) is 5.73. The van der Waals surface area contributed by atoms with E-state index in [1.807, 2.05) is 47.9 Å². The van der Waals surface area contributed by atoms with Crippen LogP contribution in [0.2, 0.25) is 0 Å². The van der Waals surface area contributed by atoms with Crippen LogP contribution in [0, 0.1) is 17.5 Å². The summed E-state index contributed by atoms with van der Waals surface area (Å²) >= 11 is 1.26. The molecule has 3 aromatic heterocycles. The maximum Gasteiger partial charge on any atom is 0.228 e. The highest BCUT2D eigenvalue weighted by molar-refractivity contribution is 7.22. The molecule has 6 rings (SSSR count). The number of rotatable bonds is 5. The highest BCUT2D eigenvalue weighted by atomic mass is 32.1. The second-order valence-corrected chi connectivity index (χ2v) is 10.5. The highest BCUT2D eigenvalue weighted by Crippen LogP contribution is 2.39. The zero-order valence-electron chi connectivity index (χ0n) is 20.0. The fourth-order valence-corrected chi connectivity index (χ4v) is 5.31. The van der Waals surface area contributed by atoms with Crippen LogP contribution in [0.25, 0.3) is 21.6 Å². The molecule has 2 atom stereocenters. The monoisotopic (exact) mass is 515 g/mol. The second-order valence-electron chi connectivity index (χ2n) is 9.49. The Hall–Kier alpha value is -3.25. The van der Waals surface area contributed by atoms with E-state index in [-0.39, 0.29) is 23.5 Å². The summed E-state index contributed by atoms with van der Waals surface area (Å²) in [4.78, 5) is 17.7. The standard InChI is InChI=1S/C24H24F3N7OS/c1-12-9-33(11-19(35-12)13-8-28-34(10-13)14-4-5-14)23-29-20(15-6-17(26)18(27)7-16(15)25)21-22(30-23)31-24(36-21)32(2)3/h6-8,10,12,14,19H,4-5,9,11H2,1-3H3/t12-,19+/m0/s1. The molecule has 36 heavy (non-hydrogen) atoms. The third kappa shape index (κ3) is 4.17. The van der Waals surface area contributed by atoms with Crippen LogP contribution in [0.4, 0.5) is 24.3 Å². The molecule has 1 aliphatic carbocycles. The van der Waals surface area contributed by atoms with Gasteiger partial charge in [-0.05, 0) is 25.8 Å². The molecule has 1 saturated carbocycles. The highest BCUT2D eigenvalue weighted by Gasteiger charge is 2.32. The van der Waals surface area contributed by atoms with E-state index in [4.69, 9.17) is 4.74 Å². The predicted molar refractivity (Wildman–Crippen MR) is 131 cm³/mol. The average molecular weight is 516 g/mol. The molecule has 188 valence electrons. The Morgan fingerprint density at radius 3 is 2.56 bits per heavy atom. The van der Waals surface area contributed by atoms with Gasteiger partial charge < -0.3 is 14.5 Å². The summed E-state index contributed by atoms with van der Waals surface area (Å²) in [5, 5.41) is 5.12. The van der Waals surface area contributed by atoms with Crippen LogP contribution in [0.5, 0.6) is 0 Å². The SMILES string of the molecule is C[C@H]1CN(c2nc(-c3cc(F)c(F)cc3F)c3sc(N(C)C)nc3n2)C[C@H](c2cnn(C3CC3)c2)O1. The first-order valence-corrected chi connectivity index (χ1v) is 12.5. The first-order chi connectivity index (χ1) is 17.3. The Labute approximate surface area is 209 Å². The van der Waals surface area contributed by atoms with Crippen molar-refractivity contribution in [3.63, 3.8) is 0 Å². The van der Waals surface area contributed by atoms with Crippen LogP contribution in [-0.4, -0.2) is 58.0 Å². The van der Waals surface area contributed by atoms with Crippen LogP contribution in [-0.2, 0) is 4.74 Å². The molecule has 4 heterocycles. The number of halogens is 3. The van der Waals surface area contributed by atoms with E-state index in [0.29, 0.717) is 46.6 Å². The molecule has 4 aromatic rings. The first-order valence-electron chi connectivity index (χ1n) is 11.7. The Kier molecular flexibility index (Phi) is 5.60. The number of nitrogens with zero attached hydrogens (tertiary/aromatic N) is 7. The number of morpholine rings is 1. The second kappa shape index (κ2) is 8.70. The molecular weight excluding hydrogens is 491 g/mol.